The number of halogens is 1. The predicted molar refractivity (Wildman–Crippen MR) is 175 cm³/mol. The molecule has 3 amide bonds. The van der Waals surface area contributed by atoms with Crippen molar-refractivity contribution in [3.8, 4) is 0 Å². The summed E-state index contributed by atoms with van der Waals surface area (Å²) in [5, 5.41) is 10.1. The Kier molecular flexibility index (Phi) is 9.29. The molecule has 2 aromatic rings. The van der Waals surface area contributed by atoms with E-state index in [1.807, 2.05) is 62.4 Å². The highest BCUT2D eigenvalue weighted by Gasteiger charge is 2.73. The Hall–Kier alpha value is -3.99. The van der Waals surface area contributed by atoms with Gasteiger partial charge in [0, 0.05) is 33.2 Å². The molecular weight excluding hydrogens is 622 g/mol. The van der Waals surface area contributed by atoms with Crippen LogP contribution in [0.25, 0.3) is 0 Å². The van der Waals surface area contributed by atoms with Gasteiger partial charge in [-0.15, -0.1) is 0 Å². The molecule has 0 aliphatic carbocycles. The van der Waals surface area contributed by atoms with Crippen LogP contribution in [0.2, 0.25) is 5.02 Å². The third-order valence-corrected chi connectivity index (χ3v) is 10.3. The standard InChI is InChI=1S/C36H40ClN3O7/c1-22-12-10-15-25(37)30(22)39-19-9-5-8-16-27(42)38(3)23(2)31(24-13-6-4-7-14-24)46-35(45)28-26-17-18-36(47-26)29(28)33(43)40(20-11-21-41)32(36)34(39)44/h4-7,9-10,12-15,17-18,23,26,28-29,31-32,41H,8,11,16,19-21H2,1-3H3/b9-5-/t23-,26+,28-,29-,31+,32+,36-/m1/s1. The second-order valence-corrected chi connectivity index (χ2v) is 13.1. The molecule has 0 unspecified atom stereocenters. The maximum atomic E-state index is 14.9. The minimum Gasteiger partial charge on any atom is -0.455 e. The van der Waals surface area contributed by atoms with Crippen molar-refractivity contribution in [2.75, 3.05) is 31.6 Å². The van der Waals surface area contributed by atoms with Gasteiger partial charge in [0.05, 0.1) is 28.8 Å². The van der Waals surface area contributed by atoms with E-state index >= 15 is 0 Å². The highest BCUT2D eigenvalue weighted by molar-refractivity contribution is 6.34. The van der Waals surface area contributed by atoms with Gasteiger partial charge < -0.3 is 29.3 Å². The maximum Gasteiger partial charge on any atom is 0.313 e. The molecule has 5 bridgehead atoms. The Morgan fingerprint density at radius 3 is 2.51 bits per heavy atom. The average Bonchev–Trinajstić information content (AvgIpc) is 3.71. The molecule has 4 aliphatic heterocycles. The number of aryl methyl sites for hydroxylation is 1. The lowest BCUT2D eigenvalue weighted by molar-refractivity contribution is -0.164. The molecule has 2 saturated heterocycles. The molecule has 7 atom stereocenters. The van der Waals surface area contributed by atoms with Gasteiger partial charge in [-0.05, 0) is 43.9 Å². The predicted octanol–water partition coefficient (Wildman–Crippen LogP) is 4.00. The number of hydrogen-bond donors (Lipinski definition) is 1. The van der Waals surface area contributed by atoms with Crippen molar-refractivity contribution in [1.29, 1.82) is 0 Å². The Balaban J connectivity index is 1.47. The molecule has 4 aliphatic rings. The number of esters is 1. The number of cyclic esters (lactones) is 1. The van der Waals surface area contributed by atoms with Gasteiger partial charge in [0.25, 0.3) is 5.91 Å². The van der Waals surface area contributed by atoms with Crippen molar-refractivity contribution in [3.63, 3.8) is 0 Å². The van der Waals surface area contributed by atoms with Gasteiger partial charge in [-0.25, -0.2) is 0 Å². The lowest BCUT2D eigenvalue weighted by Gasteiger charge is -2.36. The fourth-order valence-electron chi connectivity index (χ4n) is 7.51. The number of likely N-dealkylation sites (tertiary alicyclic amines) is 1. The number of fused-ring (bicyclic) bond motifs is 2. The smallest absolute Gasteiger partial charge is 0.313 e. The highest BCUT2D eigenvalue weighted by Crippen LogP contribution is 2.56. The molecule has 0 aromatic heterocycles. The molecule has 1 spiro atoms. The third kappa shape index (κ3) is 5.66. The van der Waals surface area contributed by atoms with E-state index in [1.165, 1.54) is 4.90 Å². The van der Waals surface area contributed by atoms with Crippen LogP contribution in [-0.4, -0.2) is 89.1 Å². The Morgan fingerprint density at radius 2 is 1.79 bits per heavy atom. The summed E-state index contributed by atoms with van der Waals surface area (Å²) in [7, 11) is 1.69. The number of carbonyl (C=O) groups excluding carboxylic acids is 4. The molecule has 1 N–H and O–H groups in total. The molecule has 4 heterocycles. The zero-order chi connectivity index (χ0) is 33.5. The van der Waals surface area contributed by atoms with Gasteiger partial charge in [-0.2, -0.15) is 0 Å². The summed E-state index contributed by atoms with van der Waals surface area (Å²) in [6.45, 7) is 3.72. The van der Waals surface area contributed by atoms with E-state index in [9.17, 15) is 24.3 Å². The lowest BCUT2D eigenvalue weighted by Crippen LogP contribution is -2.56. The molecule has 248 valence electrons. The number of carbonyl (C=O) groups is 4. The van der Waals surface area contributed by atoms with E-state index in [1.54, 1.807) is 41.1 Å². The zero-order valence-electron chi connectivity index (χ0n) is 26.8. The number of aliphatic hydroxyl groups is 1. The largest absolute Gasteiger partial charge is 0.455 e. The first-order chi connectivity index (χ1) is 22.6. The van der Waals surface area contributed by atoms with Gasteiger partial charge in [0.2, 0.25) is 11.8 Å². The molecule has 10 nitrogen and oxygen atoms in total. The topological polar surface area (TPSA) is 117 Å². The minimum absolute atomic E-state index is 0.0926. The number of likely N-dealkylation sites (N-methyl/N-ethyl adjacent to an activating group) is 1. The van der Waals surface area contributed by atoms with E-state index in [0.717, 1.165) is 5.56 Å². The maximum absolute atomic E-state index is 14.9. The van der Waals surface area contributed by atoms with E-state index < -0.39 is 59.5 Å². The molecule has 0 saturated carbocycles. The van der Waals surface area contributed by atoms with Crippen LogP contribution in [-0.2, 0) is 28.7 Å². The van der Waals surface area contributed by atoms with E-state index in [-0.39, 0.29) is 38.4 Å². The van der Waals surface area contributed by atoms with E-state index in [0.29, 0.717) is 22.7 Å². The average molecular weight is 662 g/mol. The number of ether oxygens (including phenoxy) is 2. The van der Waals surface area contributed by atoms with Crippen LogP contribution in [0.5, 0.6) is 0 Å². The Morgan fingerprint density at radius 1 is 1.02 bits per heavy atom. The molecule has 11 heteroatoms. The summed E-state index contributed by atoms with van der Waals surface area (Å²) in [6, 6.07) is 12.9. The van der Waals surface area contributed by atoms with Crippen molar-refractivity contribution in [3.05, 3.63) is 89.0 Å². The molecule has 2 aromatic carbocycles. The molecule has 2 fully saturated rings. The lowest BCUT2D eigenvalue weighted by atomic mass is 9.74. The summed E-state index contributed by atoms with van der Waals surface area (Å²) >= 11 is 6.71. The van der Waals surface area contributed by atoms with Crippen molar-refractivity contribution in [1.82, 2.24) is 9.80 Å². The summed E-state index contributed by atoms with van der Waals surface area (Å²) in [4.78, 5) is 61.4. The fourth-order valence-corrected chi connectivity index (χ4v) is 7.83. The summed E-state index contributed by atoms with van der Waals surface area (Å²) < 4.78 is 12.8. The normalized spacial score (nSPS) is 31.8. The van der Waals surface area contributed by atoms with Crippen LogP contribution < -0.4 is 4.90 Å². The van der Waals surface area contributed by atoms with Gasteiger partial charge in [-0.1, -0.05) is 78.4 Å². The number of aliphatic hydroxyl groups excluding tert-OH is 1. The third-order valence-electron chi connectivity index (χ3n) is 9.95. The Labute approximate surface area is 279 Å². The van der Waals surface area contributed by atoms with Gasteiger partial charge in [0.1, 0.15) is 23.7 Å². The number of rotatable bonds is 5. The number of allylic oxidation sites excluding steroid dienone is 1. The molecule has 0 radical (unpaired) electrons. The number of hydrogen-bond acceptors (Lipinski definition) is 7. The van der Waals surface area contributed by atoms with E-state index in [4.69, 9.17) is 21.1 Å². The van der Waals surface area contributed by atoms with Crippen molar-refractivity contribution in [2.24, 2.45) is 11.8 Å². The second-order valence-electron chi connectivity index (χ2n) is 12.7. The van der Waals surface area contributed by atoms with Crippen LogP contribution in [0.15, 0.2) is 72.8 Å². The number of para-hydroxylation sites is 1. The Bertz CT molecular complexity index is 1590. The number of nitrogens with zero attached hydrogens (tertiary/aromatic N) is 3. The van der Waals surface area contributed by atoms with Gasteiger partial charge in [0.15, 0.2) is 0 Å². The number of anilines is 1. The SMILES string of the molecule is Cc1cccc(Cl)c1N1C/C=C\CCC(=O)N(C)[C@H](C)[C@@H](c2ccccc2)OC(=O)[C@@H]2[C@@H]3C=C[C@]4(O3)[C@H](C1=O)N(CCCO)C(=O)[C@@H]24. The quantitative estimate of drug-likeness (QED) is 0.381. The van der Waals surface area contributed by atoms with Gasteiger partial charge in [-0.3, -0.25) is 19.2 Å². The first-order valence-corrected chi connectivity index (χ1v) is 16.5. The van der Waals surface area contributed by atoms with Crippen molar-refractivity contribution >= 4 is 41.0 Å². The fraction of sp³-hybridized carbons (Fsp3) is 0.444. The first kappa shape index (κ1) is 32.9. The number of amides is 3. The summed E-state index contributed by atoms with van der Waals surface area (Å²) in [6.07, 6.45) is 6.43. The van der Waals surface area contributed by atoms with Crippen LogP contribution in [0.1, 0.15) is 43.4 Å². The first-order valence-electron chi connectivity index (χ1n) is 16.1. The monoisotopic (exact) mass is 661 g/mol. The summed E-state index contributed by atoms with van der Waals surface area (Å²) in [5.74, 6) is -3.64. The van der Waals surface area contributed by atoms with Crippen molar-refractivity contribution in [2.45, 2.75) is 63.0 Å². The van der Waals surface area contributed by atoms with Crippen LogP contribution in [0.4, 0.5) is 5.69 Å². The van der Waals surface area contributed by atoms with Crippen molar-refractivity contribution < 1.29 is 33.8 Å². The van der Waals surface area contributed by atoms with Gasteiger partial charge >= 0.3 is 5.97 Å². The summed E-state index contributed by atoms with van der Waals surface area (Å²) in [5.41, 5.74) is 0.543. The van der Waals surface area contributed by atoms with E-state index in [2.05, 4.69) is 0 Å². The molecular formula is C36H40ClN3O7. The molecule has 6 rings (SSSR count). The minimum atomic E-state index is -1.43. The highest BCUT2D eigenvalue weighted by atomic mass is 35.5. The molecule has 47 heavy (non-hydrogen) atoms. The van der Waals surface area contributed by atoms with Crippen LogP contribution >= 0.6 is 11.6 Å². The van der Waals surface area contributed by atoms with Crippen LogP contribution in [0.3, 0.4) is 0 Å². The zero-order valence-corrected chi connectivity index (χ0v) is 27.5. The number of benzene rings is 2. The second kappa shape index (κ2) is 13.3. The van der Waals surface area contributed by atoms with Crippen LogP contribution in [0, 0.1) is 18.8 Å².